The molecule has 2 heterocycles. The molecular formula is C18H20N2O. The Morgan fingerprint density at radius 2 is 1.62 bits per heavy atom. The van der Waals surface area contributed by atoms with Crippen LogP contribution < -0.4 is 0 Å². The molecule has 0 N–H and O–H groups in total. The molecule has 3 rings (SSSR count). The molecule has 0 atom stereocenters. The first-order valence-corrected chi connectivity index (χ1v) is 7.19. The smallest absolute Gasteiger partial charge is 0.230 e. The van der Waals surface area contributed by atoms with Gasteiger partial charge in [0.25, 0.3) is 0 Å². The van der Waals surface area contributed by atoms with Crippen LogP contribution in [0.25, 0.3) is 22.4 Å². The monoisotopic (exact) mass is 280 g/mol. The van der Waals surface area contributed by atoms with E-state index in [-0.39, 0.29) is 5.41 Å². The van der Waals surface area contributed by atoms with E-state index in [1.165, 1.54) is 5.56 Å². The number of hydrogen-bond donors (Lipinski definition) is 0. The number of aromatic nitrogens is 2. The van der Waals surface area contributed by atoms with Gasteiger partial charge in [-0.25, -0.2) is 9.97 Å². The van der Waals surface area contributed by atoms with E-state index in [4.69, 9.17) is 4.42 Å². The summed E-state index contributed by atoms with van der Waals surface area (Å²) in [6.07, 6.45) is 1.57. The summed E-state index contributed by atoms with van der Waals surface area (Å²) in [5, 5.41) is 1.01. The lowest BCUT2D eigenvalue weighted by atomic mass is 9.86. The largest absolute Gasteiger partial charge is 0.443 e. The molecule has 0 radical (unpaired) electrons. The zero-order chi connectivity index (χ0) is 15.2. The van der Waals surface area contributed by atoms with Crippen molar-refractivity contribution in [3.8, 4) is 11.3 Å². The molecule has 3 aromatic rings. The van der Waals surface area contributed by atoms with E-state index in [2.05, 4.69) is 61.9 Å². The highest BCUT2D eigenvalue weighted by molar-refractivity contribution is 5.92. The van der Waals surface area contributed by atoms with Gasteiger partial charge in [0.05, 0.1) is 11.1 Å². The molecule has 0 amide bonds. The minimum Gasteiger partial charge on any atom is -0.443 e. The van der Waals surface area contributed by atoms with Gasteiger partial charge in [0.1, 0.15) is 12.1 Å². The maximum Gasteiger partial charge on any atom is 0.230 e. The summed E-state index contributed by atoms with van der Waals surface area (Å²) in [5.74, 6) is 0.901. The Morgan fingerprint density at radius 3 is 2.24 bits per heavy atom. The Bertz CT molecular complexity index is 792. The van der Waals surface area contributed by atoms with Crippen LogP contribution in [0.4, 0.5) is 0 Å². The number of aryl methyl sites for hydroxylation is 2. The minimum atomic E-state index is 0.154. The van der Waals surface area contributed by atoms with Crippen LogP contribution in [0.3, 0.4) is 0 Å². The molecule has 0 saturated carbocycles. The third kappa shape index (κ3) is 2.33. The lowest BCUT2D eigenvalue weighted by molar-refractivity contribution is 0.564. The quantitative estimate of drug-likeness (QED) is 0.642. The average Bonchev–Trinajstić information content (AvgIpc) is 2.73. The molecule has 108 valence electrons. The highest BCUT2D eigenvalue weighted by Crippen LogP contribution is 2.32. The van der Waals surface area contributed by atoms with Crippen molar-refractivity contribution in [3.63, 3.8) is 0 Å². The Balaban J connectivity index is 2.17. The fourth-order valence-corrected chi connectivity index (χ4v) is 2.53. The first-order chi connectivity index (χ1) is 9.88. The van der Waals surface area contributed by atoms with E-state index in [1.54, 1.807) is 6.33 Å². The van der Waals surface area contributed by atoms with E-state index >= 15 is 0 Å². The Labute approximate surface area is 125 Å². The van der Waals surface area contributed by atoms with Crippen molar-refractivity contribution in [2.75, 3.05) is 0 Å². The van der Waals surface area contributed by atoms with Gasteiger partial charge in [-0.15, -0.1) is 0 Å². The van der Waals surface area contributed by atoms with Gasteiger partial charge in [-0.1, -0.05) is 45.0 Å². The van der Waals surface area contributed by atoms with Crippen molar-refractivity contribution < 1.29 is 4.42 Å². The van der Waals surface area contributed by atoms with E-state index < -0.39 is 0 Å². The van der Waals surface area contributed by atoms with Crippen LogP contribution in [0, 0.1) is 13.8 Å². The van der Waals surface area contributed by atoms with Crippen LogP contribution in [0.5, 0.6) is 0 Å². The average molecular weight is 280 g/mol. The van der Waals surface area contributed by atoms with Crippen molar-refractivity contribution >= 4 is 11.1 Å². The van der Waals surface area contributed by atoms with Crippen LogP contribution in [-0.4, -0.2) is 9.97 Å². The van der Waals surface area contributed by atoms with Crippen molar-refractivity contribution in [3.05, 3.63) is 47.5 Å². The van der Waals surface area contributed by atoms with Crippen molar-refractivity contribution in [1.82, 2.24) is 9.97 Å². The maximum absolute atomic E-state index is 5.69. The summed E-state index contributed by atoms with van der Waals surface area (Å²) in [7, 11) is 0. The Kier molecular flexibility index (Phi) is 3.08. The van der Waals surface area contributed by atoms with Crippen LogP contribution >= 0.6 is 0 Å². The Hall–Kier alpha value is -2.16. The molecule has 1 aromatic carbocycles. The predicted molar refractivity (Wildman–Crippen MR) is 85.4 cm³/mol. The fourth-order valence-electron chi connectivity index (χ4n) is 2.53. The maximum atomic E-state index is 5.69. The highest BCUT2D eigenvalue weighted by atomic mass is 16.3. The normalized spacial score (nSPS) is 12.0. The molecule has 2 aromatic heterocycles. The number of nitrogens with zero attached hydrogens (tertiary/aromatic N) is 2. The van der Waals surface area contributed by atoms with Crippen molar-refractivity contribution in [2.24, 2.45) is 0 Å². The van der Waals surface area contributed by atoms with E-state index in [9.17, 15) is 0 Å². The molecule has 0 aliphatic heterocycles. The molecule has 0 saturated heterocycles. The number of benzene rings is 1. The van der Waals surface area contributed by atoms with Gasteiger partial charge < -0.3 is 4.42 Å². The van der Waals surface area contributed by atoms with Gasteiger partial charge in [-0.05, 0) is 24.8 Å². The molecule has 0 aliphatic carbocycles. The molecule has 3 heteroatoms. The number of furan rings is 1. The fraction of sp³-hybridized carbons (Fsp3) is 0.333. The molecule has 0 aliphatic rings. The van der Waals surface area contributed by atoms with Crippen LogP contribution in [0.1, 0.15) is 37.7 Å². The summed E-state index contributed by atoms with van der Waals surface area (Å²) >= 11 is 0. The number of hydrogen-bond acceptors (Lipinski definition) is 3. The topological polar surface area (TPSA) is 38.9 Å². The van der Waals surface area contributed by atoms with E-state index in [1.807, 2.05) is 6.92 Å². The molecule has 0 spiro atoms. The van der Waals surface area contributed by atoms with E-state index in [0.717, 1.165) is 28.0 Å². The summed E-state index contributed by atoms with van der Waals surface area (Å²) < 4.78 is 5.69. The molecule has 0 unspecified atom stereocenters. The van der Waals surface area contributed by atoms with Gasteiger partial charge in [0.15, 0.2) is 0 Å². The van der Waals surface area contributed by atoms with Crippen LogP contribution in [0.2, 0.25) is 0 Å². The summed E-state index contributed by atoms with van der Waals surface area (Å²) in [6, 6.07) is 8.60. The first kappa shape index (κ1) is 13.8. The number of rotatable bonds is 1. The van der Waals surface area contributed by atoms with Gasteiger partial charge >= 0.3 is 0 Å². The Morgan fingerprint density at radius 1 is 0.952 bits per heavy atom. The SMILES string of the molecule is Cc1oc2ncnc(-c3ccc(C(C)(C)C)cc3)c2c1C. The van der Waals surface area contributed by atoms with Gasteiger partial charge in [0, 0.05) is 11.1 Å². The number of fused-ring (bicyclic) bond motifs is 1. The predicted octanol–water partition coefficient (Wildman–Crippen LogP) is 4.80. The van der Waals surface area contributed by atoms with Crippen molar-refractivity contribution in [1.29, 1.82) is 0 Å². The molecule has 3 nitrogen and oxygen atoms in total. The summed E-state index contributed by atoms with van der Waals surface area (Å²) in [6.45, 7) is 10.7. The third-order valence-electron chi connectivity index (χ3n) is 3.99. The molecule has 0 bridgehead atoms. The molecular weight excluding hydrogens is 260 g/mol. The second-order valence-corrected chi connectivity index (χ2v) is 6.51. The second-order valence-electron chi connectivity index (χ2n) is 6.51. The summed E-state index contributed by atoms with van der Waals surface area (Å²) in [4.78, 5) is 8.70. The minimum absolute atomic E-state index is 0.154. The summed E-state index contributed by atoms with van der Waals surface area (Å²) in [5.41, 5.74) is 5.28. The third-order valence-corrected chi connectivity index (χ3v) is 3.99. The second kappa shape index (κ2) is 4.69. The zero-order valence-electron chi connectivity index (χ0n) is 13.2. The van der Waals surface area contributed by atoms with Gasteiger partial charge in [-0.3, -0.25) is 0 Å². The highest BCUT2D eigenvalue weighted by Gasteiger charge is 2.16. The van der Waals surface area contributed by atoms with Gasteiger partial charge in [0.2, 0.25) is 5.71 Å². The van der Waals surface area contributed by atoms with Gasteiger partial charge in [-0.2, -0.15) is 0 Å². The van der Waals surface area contributed by atoms with Crippen molar-refractivity contribution in [2.45, 2.75) is 40.0 Å². The first-order valence-electron chi connectivity index (χ1n) is 7.19. The van der Waals surface area contributed by atoms with Crippen LogP contribution in [0.15, 0.2) is 35.0 Å². The lowest BCUT2D eigenvalue weighted by Crippen LogP contribution is -2.10. The lowest BCUT2D eigenvalue weighted by Gasteiger charge is -2.19. The standard InChI is InChI=1S/C18H20N2O/c1-11-12(2)21-17-15(11)16(19-10-20-17)13-6-8-14(9-7-13)18(3,4)5/h6-10H,1-5H3. The molecule has 0 fully saturated rings. The zero-order valence-corrected chi connectivity index (χ0v) is 13.2. The van der Waals surface area contributed by atoms with Crippen LogP contribution in [-0.2, 0) is 5.41 Å². The van der Waals surface area contributed by atoms with E-state index in [0.29, 0.717) is 5.71 Å². The molecule has 21 heavy (non-hydrogen) atoms.